The molecule has 1 aromatic carbocycles. The molecule has 0 radical (unpaired) electrons. The van der Waals surface area contributed by atoms with Gasteiger partial charge in [0.05, 0.1) is 5.92 Å². The number of hydrogen-bond donors (Lipinski definition) is 1. The topological polar surface area (TPSA) is 46.2 Å². The molecule has 1 saturated carbocycles. The highest BCUT2D eigenvalue weighted by molar-refractivity contribution is 6.26. The lowest BCUT2D eigenvalue weighted by Crippen LogP contribution is -2.45. The normalized spacial score (nSPS) is 22.1. The second-order valence-electron chi connectivity index (χ2n) is 5.97. The molecule has 0 aromatic heterocycles. The van der Waals surface area contributed by atoms with Gasteiger partial charge < -0.3 is 0 Å². The quantitative estimate of drug-likeness (QED) is 0.685. The number of fused-ring (bicyclic) bond motifs is 1. The molecule has 2 aliphatic rings. The number of halogens is 1. The van der Waals surface area contributed by atoms with E-state index in [1.165, 1.54) is 6.42 Å². The fraction of sp³-hybridized carbons (Fsp3) is 0.500. The van der Waals surface area contributed by atoms with Crippen LogP contribution in [0.15, 0.2) is 24.3 Å². The predicted molar refractivity (Wildman–Crippen MR) is 78.0 cm³/mol. The van der Waals surface area contributed by atoms with Gasteiger partial charge in [0.2, 0.25) is 0 Å². The van der Waals surface area contributed by atoms with Gasteiger partial charge in [-0.1, -0.05) is 43.5 Å². The Morgan fingerprint density at radius 1 is 1.05 bits per heavy atom. The Labute approximate surface area is 123 Å². The van der Waals surface area contributed by atoms with E-state index in [0.717, 1.165) is 25.7 Å². The number of hydrogen-bond acceptors (Lipinski definition) is 3. The molecule has 1 fully saturated rings. The molecule has 1 aromatic rings. The zero-order valence-electron chi connectivity index (χ0n) is 11.3. The van der Waals surface area contributed by atoms with E-state index < -0.39 is 5.92 Å². The summed E-state index contributed by atoms with van der Waals surface area (Å²) < 4.78 is 0. The van der Waals surface area contributed by atoms with Gasteiger partial charge >= 0.3 is 0 Å². The number of rotatable bonds is 3. The van der Waals surface area contributed by atoms with Crippen molar-refractivity contribution in [1.82, 2.24) is 4.84 Å². The van der Waals surface area contributed by atoms with E-state index in [4.69, 9.17) is 11.8 Å². The molecule has 0 aliphatic heterocycles. The molecule has 4 heteroatoms. The van der Waals surface area contributed by atoms with Crippen LogP contribution >= 0.6 is 11.8 Å². The van der Waals surface area contributed by atoms with Crippen LogP contribution in [0.3, 0.4) is 0 Å². The van der Waals surface area contributed by atoms with Crippen LogP contribution in [0, 0.1) is 5.92 Å². The van der Waals surface area contributed by atoms with E-state index in [0.29, 0.717) is 17.5 Å². The van der Waals surface area contributed by atoms with Crippen molar-refractivity contribution < 1.29 is 9.59 Å². The maximum absolute atomic E-state index is 12.4. The molecule has 106 valence electrons. The molecular formula is C16H18ClNO2. The fourth-order valence-electron chi connectivity index (χ4n) is 3.55. The van der Waals surface area contributed by atoms with E-state index in [1.807, 2.05) is 12.1 Å². The molecule has 0 atom stereocenters. The number of benzene rings is 1. The zero-order chi connectivity index (χ0) is 14.2. The van der Waals surface area contributed by atoms with Crippen LogP contribution in [-0.4, -0.2) is 17.1 Å². The van der Waals surface area contributed by atoms with Crippen molar-refractivity contribution in [2.45, 2.75) is 44.1 Å². The maximum Gasteiger partial charge on any atom is 0.174 e. The molecule has 0 saturated heterocycles. The van der Waals surface area contributed by atoms with Gasteiger partial charge in [0.1, 0.15) is 0 Å². The monoisotopic (exact) mass is 291 g/mol. The van der Waals surface area contributed by atoms with Gasteiger partial charge in [-0.25, -0.2) is 4.84 Å². The van der Waals surface area contributed by atoms with Gasteiger partial charge in [0.15, 0.2) is 11.6 Å². The Hall–Kier alpha value is -1.19. The van der Waals surface area contributed by atoms with E-state index >= 15 is 0 Å². The van der Waals surface area contributed by atoms with E-state index in [-0.39, 0.29) is 17.1 Å². The molecule has 0 amide bonds. The molecule has 0 bridgehead atoms. The molecule has 0 heterocycles. The molecule has 1 N–H and O–H groups in total. The van der Waals surface area contributed by atoms with Crippen molar-refractivity contribution in [3.63, 3.8) is 0 Å². The van der Waals surface area contributed by atoms with E-state index in [1.54, 1.807) is 12.1 Å². The SMILES string of the molecule is O=C1c2ccccc2C(=O)C1CC1(NCl)CCCCC1. The fourth-order valence-corrected chi connectivity index (χ4v) is 3.82. The Morgan fingerprint density at radius 2 is 1.60 bits per heavy atom. The average Bonchev–Trinajstić information content (AvgIpc) is 2.74. The molecule has 3 rings (SSSR count). The third-order valence-electron chi connectivity index (χ3n) is 4.70. The highest BCUT2D eigenvalue weighted by atomic mass is 35.5. The minimum absolute atomic E-state index is 0.0394. The van der Waals surface area contributed by atoms with Gasteiger partial charge in [-0.2, -0.15) is 0 Å². The van der Waals surface area contributed by atoms with Gasteiger partial charge in [-0.3, -0.25) is 9.59 Å². The van der Waals surface area contributed by atoms with E-state index in [2.05, 4.69) is 4.84 Å². The van der Waals surface area contributed by atoms with Crippen LogP contribution in [-0.2, 0) is 0 Å². The lowest BCUT2D eigenvalue weighted by Gasteiger charge is -2.37. The average molecular weight is 292 g/mol. The number of Topliss-reactive ketones (excluding diaryl/α,β-unsaturated/α-hetero) is 2. The van der Waals surface area contributed by atoms with Gasteiger partial charge in [0, 0.05) is 16.7 Å². The van der Waals surface area contributed by atoms with Crippen LogP contribution in [0.5, 0.6) is 0 Å². The summed E-state index contributed by atoms with van der Waals surface area (Å²) in [5.41, 5.74) is 0.878. The largest absolute Gasteiger partial charge is 0.293 e. The van der Waals surface area contributed by atoms with E-state index in [9.17, 15) is 9.59 Å². The summed E-state index contributed by atoms with van der Waals surface area (Å²) in [7, 11) is 0. The maximum atomic E-state index is 12.4. The third kappa shape index (κ3) is 2.19. The standard InChI is InChI=1S/C16H18ClNO2/c17-18-16(8-4-1-5-9-16)10-13-14(19)11-6-2-3-7-12(11)15(13)20/h2-3,6-7,13,18H,1,4-5,8-10H2. The second kappa shape index (κ2) is 5.30. The van der Waals surface area contributed by atoms with Gasteiger partial charge in [-0.15, -0.1) is 0 Å². The summed E-state index contributed by atoms with van der Waals surface area (Å²) in [6, 6.07) is 7.11. The summed E-state index contributed by atoms with van der Waals surface area (Å²) in [4.78, 5) is 27.8. The first-order chi connectivity index (χ1) is 9.67. The van der Waals surface area contributed by atoms with Crippen LogP contribution in [0.25, 0.3) is 0 Å². The van der Waals surface area contributed by atoms with Crippen molar-refractivity contribution in [2.75, 3.05) is 0 Å². The van der Waals surface area contributed by atoms with Crippen LogP contribution in [0.2, 0.25) is 0 Å². The minimum Gasteiger partial charge on any atom is -0.293 e. The summed E-state index contributed by atoms with van der Waals surface area (Å²) in [6.07, 6.45) is 5.79. The summed E-state index contributed by atoms with van der Waals surface area (Å²) >= 11 is 5.95. The van der Waals surface area contributed by atoms with Crippen molar-refractivity contribution in [1.29, 1.82) is 0 Å². The molecule has 0 unspecified atom stereocenters. The lowest BCUT2D eigenvalue weighted by atomic mass is 9.75. The second-order valence-corrected chi connectivity index (χ2v) is 6.16. The van der Waals surface area contributed by atoms with Gasteiger partial charge in [-0.05, 0) is 31.0 Å². The summed E-state index contributed by atoms with van der Waals surface area (Å²) in [6.45, 7) is 0. The van der Waals surface area contributed by atoms with Gasteiger partial charge in [0.25, 0.3) is 0 Å². The summed E-state index contributed by atoms with van der Waals surface area (Å²) in [5.74, 6) is -0.637. The Bertz CT molecular complexity index is 514. The predicted octanol–water partition coefficient (Wildman–Crippen LogP) is 3.52. The Balaban J connectivity index is 1.85. The van der Waals surface area contributed by atoms with Crippen molar-refractivity contribution in [2.24, 2.45) is 5.92 Å². The molecule has 0 spiro atoms. The molecule has 3 nitrogen and oxygen atoms in total. The number of carbonyl (C=O) groups is 2. The number of nitrogens with one attached hydrogen (secondary N) is 1. The third-order valence-corrected chi connectivity index (χ3v) is 5.10. The van der Waals surface area contributed by atoms with Crippen molar-refractivity contribution >= 4 is 23.3 Å². The number of carbonyl (C=O) groups excluding carboxylic acids is 2. The highest BCUT2D eigenvalue weighted by Gasteiger charge is 2.44. The van der Waals surface area contributed by atoms with Crippen LogP contribution in [0.1, 0.15) is 59.2 Å². The first kappa shape index (κ1) is 13.8. The van der Waals surface area contributed by atoms with Crippen molar-refractivity contribution in [3.05, 3.63) is 35.4 Å². The molecule has 2 aliphatic carbocycles. The van der Waals surface area contributed by atoms with Crippen LogP contribution in [0.4, 0.5) is 0 Å². The van der Waals surface area contributed by atoms with Crippen LogP contribution < -0.4 is 4.84 Å². The lowest BCUT2D eigenvalue weighted by molar-refractivity contribution is 0.0787. The Morgan fingerprint density at radius 3 is 2.10 bits per heavy atom. The molecule has 20 heavy (non-hydrogen) atoms. The molecular weight excluding hydrogens is 274 g/mol. The summed E-state index contributed by atoms with van der Waals surface area (Å²) in [5, 5.41) is 0. The minimum atomic E-state index is -0.559. The first-order valence-corrected chi connectivity index (χ1v) is 7.60. The number of ketones is 2. The highest BCUT2D eigenvalue weighted by Crippen LogP contribution is 2.38. The first-order valence-electron chi connectivity index (χ1n) is 7.22. The zero-order valence-corrected chi connectivity index (χ0v) is 12.1. The van der Waals surface area contributed by atoms with Crippen molar-refractivity contribution in [3.8, 4) is 0 Å². The smallest absolute Gasteiger partial charge is 0.174 e. The Kier molecular flexibility index (Phi) is 3.65.